The number of aliphatic hydroxyl groups is 1. The van der Waals surface area contributed by atoms with Gasteiger partial charge in [0.05, 0.1) is 18.0 Å². The van der Waals surface area contributed by atoms with Crippen LogP contribution in [0.2, 0.25) is 0 Å². The molecule has 6 atom stereocenters. The average molecular weight is 422 g/mol. The Bertz CT molecular complexity index is 1040. The first kappa shape index (κ1) is 19.5. The van der Waals surface area contributed by atoms with Crippen LogP contribution in [0.15, 0.2) is 42.1 Å². The maximum atomic E-state index is 13.4. The summed E-state index contributed by atoms with van der Waals surface area (Å²) in [6.07, 6.45) is 11.8. The quantitative estimate of drug-likeness (QED) is 0.618. The van der Waals surface area contributed by atoms with E-state index in [0.717, 1.165) is 50.0 Å². The smallest absolute Gasteiger partial charge is 0.133 e. The molecule has 1 aliphatic heterocycles. The Balaban J connectivity index is 1.34. The fourth-order valence-corrected chi connectivity index (χ4v) is 7.44. The number of nitrogens with one attached hydrogen (secondary N) is 1. The lowest BCUT2D eigenvalue weighted by Crippen LogP contribution is -2.58. The van der Waals surface area contributed by atoms with E-state index >= 15 is 0 Å². The van der Waals surface area contributed by atoms with Crippen molar-refractivity contribution in [3.8, 4) is 5.69 Å². The van der Waals surface area contributed by atoms with Gasteiger partial charge in [-0.15, -0.1) is 0 Å². The summed E-state index contributed by atoms with van der Waals surface area (Å²) in [7, 11) is 0. The molecule has 2 fully saturated rings. The molecule has 3 aliphatic carbocycles. The second kappa shape index (κ2) is 6.68. The standard InChI is InChI=1S/C26H32FN3O/c1-25-11-9-20(31)14-17(25)3-8-21-22(25)10-12-26(2)23(21)13-16-15-28-30(24(16)29-26)19-6-4-18(27)5-7-19/h3-7,15,20-23,29,31H,8-14H2,1-2H3/t20-,21+,22?,23?,25-,26-/m0/s1. The van der Waals surface area contributed by atoms with E-state index in [0.29, 0.717) is 17.8 Å². The summed E-state index contributed by atoms with van der Waals surface area (Å²) in [5.41, 5.74) is 3.98. The van der Waals surface area contributed by atoms with Crippen molar-refractivity contribution in [1.29, 1.82) is 0 Å². The van der Waals surface area contributed by atoms with Gasteiger partial charge in [-0.3, -0.25) is 0 Å². The third-order valence-corrected chi connectivity index (χ3v) is 9.23. The zero-order valence-electron chi connectivity index (χ0n) is 18.4. The molecule has 2 aromatic rings. The van der Waals surface area contributed by atoms with Crippen molar-refractivity contribution >= 4 is 5.82 Å². The van der Waals surface area contributed by atoms with Crippen LogP contribution < -0.4 is 5.32 Å². The number of halogens is 1. The molecular weight excluding hydrogens is 389 g/mol. The zero-order chi connectivity index (χ0) is 21.4. The lowest BCUT2D eigenvalue weighted by Gasteiger charge is -2.59. The molecule has 2 heterocycles. The van der Waals surface area contributed by atoms with Gasteiger partial charge in [0.15, 0.2) is 0 Å². The van der Waals surface area contributed by atoms with E-state index in [1.807, 2.05) is 10.9 Å². The Morgan fingerprint density at radius 1 is 1.10 bits per heavy atom. The van der Waals surface area contributed by atoms with Crippen LogP contribution in [0.25, 0.3) is 5.69 Å². The van der Waals surface area contributed by atoms with Gasteiger partial charge in [0.1, 0.15) is 11.6 Å². The summed E-state index contributed by atoms with van der Waals surface area (Å²) < 4.78 is 15.3. The molecule has 1 aromatic carbocycles. The number of aromatic nitrogens is 2. The van der Waals surface area contributed by atoms with Gasteiger partial charge in [0.2, 0.25) is 0 Å². The van der Waals surface area contributed by atoms with E-state index in [9.17, 15) is 9.50 Å². The maximum Gasteiger partial charge on any atom is 0.133 e. The number of rotatable bonds is 1. The minimum Gasteiger partial charge on any atom is -0.393 e. The topological polar surface area (TPSA) is 50.1 Å². The van der Waals surface area contributed by atoms with Crippen molar-refractivity contribution < 1.29 is 9.50 Å². The van der Waals surface area contributed by atoms with Crippen LogP contribution in [-0.4, -0.2) is 26.5 Å². The van der Waals surface area contributed by atoms with Crippen LogP contribution in [0.1, 0.15) is 57.9 Å². The van der Waals surface area contributed by atoms with Crippen LogP contribution in [0.5, 0.6) is 0 Å². The second-order valence-corrected chi connectivity index (χ2v) is 10.8. The molecule has 2 N–H and O–H groups in total. The fraction of sp³-hybridized carbons (Fsp3) is 0.577. The molecule has 0 amide bonds. The van der Waals surface area contributed by atoms with E-state index < -0.39 is 0 Å². The lowest BCUT2D eigenvalue weighted by molar-refractivity contribution is -0.0162. The minimum atomic E-state index is -0.225. The van der Waals surface area contributed by atoms with Gasteiger partial charge in [-0.1, -0.05) is 18.6 Å². The first-order valence-electron chi connectivity index (χ1n) is 11.9. The van der Waals surface area contributed by atoms with Crippen LogP contribution in [0.3, 0.4) is 0 Å². The lowest BCUT2D eigenvalue weighted by atomic mass is 9.48. The van der Waals surface area contributed by atoms with E-state index in [1.165, 1.54) is 29.7 Å². The number of aliphatic hydroxyl groups excluding tert-OH is 1. The van der Waals surface area contributed by atoms with Crippen molar-refractivity contribution in [3.63, 3.8) is 0 Å². The van der Waals surface area contributed by atoms with Crippen LogP contribution in [-0.2, 0) is 6.42 Å². The predicted octanol–water partition coefficient (Wildman–Crippen LogP) is 5.26. The van der Waals surface area contributed by atoms with Gasteiger partial charge in [-0.25, -0.2) is 9.07 Å². The van der Waals surface area contributed by atoms with Crippen molar-refractivity contribution in [3.05, 3.63) is 53.5 Å². The molecule has 2 unspecified atom stereocenters. The summed E-state index contributed by atoms with van der Waals surface area (Å²) >= 11 is 0. The third kappa shape index (κ3) is 2.85. The van der Waals surface area contributed by atoms with Gasteiger partial charge in [-0.2, -0.15) is 5.10 Å². The van der Waals surface area contributed by atoms with E-state index in [1.54, 1.807) is 12.1 Å². The summed E-state index contributed by atoms with van der Waals surface area (Å²) in [4.78, 5) is 0. The number of benzene rings is 1. The number of hydrogen-bond donors (Lipinski definition) is 2. The highest BCUT2D eigenvalue weighted by atomic mass is 19.1. The first-order valence-corrected chi connectivity index (χ1v) is 11.9. The number of nitrogens with zero attached hydrogens (tertiary/aromatic N) is 2. The second-order valence-electron chi connectivity index (χ2n) is 10.8. The summed E-state index contributed by atoms with van der Waals surface area (Å²) in [5, 5.41) is 18.8. The molecular formula is C26H32FN3O. The SMILES string of the molecule is C[C@]12CC[C@H](O)CC1=CC[C@@H]1C2CC[C@]2(C)Nc3c(cnn3-c3ccc(F)cc3)CC12. The normalized spacial score (nSPS) is 38.8. The van der Waals surface area contributed by atoms with E-state index in [-0.39, 0.29) is 22.9 Å². The van der Waals surface area contributed by atoms with Crippen LogP contribution >= 0.6 is 0 Å². The number of hydrogen-bond acceptors (Lipinski definition) is 3. The van der Waals surface area contributed by atoms with Gasteiger partial charge in [-0.05, 0) is 99.3 Å². The van der Waals surface area contributed by atoms with Crippen molar-refractivity contribution in [1.82, 2.24) is 9.78 Å². The highest BCUT2D eigenvalue weighted by Crippen LogP contribution is 2.61. The molecule has 0 spiro atoms. The number of allylic oxidation sites excluding steroid dienone is 1. The van der Waals surface area contributed by atoms with Crippen molar-refractivity contribution in [2.45, 2.75) is 70.4 Å². The van der Waals surface area contributed by atoms with E-state index in [4.69, 9.17) is 0 Å². The van der Waals surface area contributed by atoms with Gasteiger partial charge in [0, 0.05) is 11.1 Å². The summed E-state index contributed by atoms with van der Waals surface area (Å²) in [6.45, 7) is 4.86. The average Bonchev–Trinajstić information content (AvgIpc) is 3.15. The minimum absolute atomic E-state index is 0.0435. The highest BCUT2D eigenvalue weighted by Gasteiger charge is 2.56. The third-order valence-electron chi connectivity index (χ3n) is 9.23. The molecule has 164 valence electrons. The Labute approximate surface area is 183 Å². The predicted molar refractivity (Wildman–Crippen MR) is 120 cm³/mol. The van der Waals surface area contributed by atoms with Gasteiger partial charge in [0.25, 0.3) is 0 Å². The molecule has 0 bridgehead atoms. The zero-order valence-corrected chi connectivity index (χ0v) is 18.4. The molecule has 6 rings (SSSR count). The first-order chi connectivity index (χ1) is 14.9. The molecule has 5 heteroatoms. The van der Waals surface area contributed by atoms with Crippen LogP contribution in [0.4, 0.5) is 10.2 Å². The highest BCUT2D eigenvalue weighted by molar-refractivity contribution is 5.55. The van der Waals surface area contributed by atoms with E-state index in [2.05, 4.69) is 30.3 Å². The Hall–Kier alpha value is -2.14. The molecule has 1 aromatic heterocycles. The molecule has 0 radical (unpaired) electrons. The molecule has 31 heavy (non-hydrogen) atoms. The fourth-order valence-electron chi connectivity index (χ4n) is 7.44. The molecule has 2 saturated carbocycles. The molecule has 0 saturated heterocycles. The van der Waals surface area contributed by atoms with Crippen molar-refractivity contribution in [2.75, 3.05) is 5.32 Å². The summed E-state index contributed by atoms with van der Waals surface area (Å²) in [6, 6.07) is 6.58. The van der Waals surface area contributed by atoms with Gasteiger partial charge >= 0.3 is 0 Å². The van der Waals surface area contributed by atoms with Crippen molar-refractivity contribution in [2.24, 2.45) is 23.2 Å². The Morgan fingerprint density at radius 2 is 1.90 bits per heavy atom. The monoisotopic (exact) mass is 421 g/mol. The number of anilines is 1. The maximum absolute atomic E-state index is 13.4. The molecule has 4 aliphatic rings. The number of fused-ring (bicyclic) bond motifs is 6. The Kier molecular flexibility index (Phi) is 4.21. The summed E-state index contributed by atoms with van der Waals surface area (Å²) in [5.74, 6) is 2.79. The Morgan fingerprint density at radius 3 is 2.71 bits per heavy atom. The van der Waals surface area contributed by atoms with Gasteiger partial charge < -0.3 is 10.4 Å². The largest absolute Gasteiger partial charge is 0.393 e. The molecule has 4 nitrogen and oxygen atoms in total. The van der Waals surface area contributed by atoms with Crippen LogP contribution in [0, 0.1) is 29.0 Å².